The zero-order chi connectivity index (χ0) is 12.5. The van der Waals surface area contributed by atoms with Crippen molar-refractivity contribution in [1.29, 1.82) is 0 Å². The maximum Gasteiger partial charge on any atom is 0.247 e. The molecule has 17 heavy (non-hydrogen) atoms. The summed E-state index contributed by atoms with van der Waals surface area (Å²) in [6.45, 7) is 8.60. The fourth-order valence-electron chi connectivity index (χ4n) is 2.66. The third-order valence-electron chi connectivity index (χ3n) is 3.77. The molecule has 0 aromatic rings. The number of morpholine rings is 1. The maximum atomic E-state index is 11.8. The van der Waals surface area contributed by atoms with Crippen molar-refractivity contribution < 1.29 is 14.4 Å². The average molecular weight is 242 g/mol. The van der Waals surface area contributed by atoms with E-state index >= 15 is 0 Å². The molecule has 1 amide bonds. The van der Waals surface area contributed by atoms with Crippen molar-refractivity contribution in [3.8, 4) is 0 Å². The number of hydroxylamine groups is 2. The second-order valence-electron chi connectivity index (χ2n) is 5.50. The summed E-state index contributed by atoms with van der Waals surface area (Å²) in [4.78, 5) is 19.4. The molecule has 0 aromatic heterocycles. The molecular formula is C12H22N2O3. The molecule has 1 unspecified atom stereocenters. The van der Waals surface area contributed by atoms with Crippen molar-refractivity contribution in [3.05, 3.63) is 0 Å². The van der Waals surface area contributed by atoms with E-state index in [1.807, 2.05) is 0 Å². The number of carbonyl (C=O) groups excluding carboxylic acids is 1. The second-order valence-corrected chi connectivity index (χ2v) is 5.50. The largest absolute Gasteiger partial charge is 0.379 e. The highest BCUT2D eigenvalue weighted by Gasteiger charge is 2.46. The molecule has 0 saturated carbocycles. The monoisotopic (exact) mass is 242 g/mol. The van der Waals surface area contributed by atoms with Gasteiger partial charge in [-0.2, -0.15) is 0 Å². The Balaban J connectivity index is 2.03. The Hall–Kier alpha value is -0.650. The number of ether oxygens (including phenoxy) is 1. The first kappa shape index (κ1) is 12.8. The Morgan fingerprint density at radius 3 is 2.65 bits per heavy atom. The predicted molar refractivity (Wildman–Crippen MR) is 63.3 cm³/mol. The normalized spacial score (nSPS) is 29.9. The second kappa shape index (κ2) is 4.92. The quantitative estimate of drug-likeness (QED) is 0.723. The number of carbonyl (C=O) groups is 1. The van der Waals surface area contributed by atoms with Crippen molar-refractivity contribution in [2.75, 3.05) is 40.0 Å². The van der Waals surface area contributed by atoms with Gasteiger partial charge in [0.1, 0.15) is 0 Å². The van der Waals surface area contributed by atoms with Gasteiger partial charge in [-0.25, -0.2) is 5.06 Å². The van der Waals surface area contributed by atoms with Gasteiger partial charge >= 0.3 is 0 Å². The molecule has 2 rings (SSSR count). The molecule has 2 saturated heterocycles. The fraction of sp³-hybridized carbons (Fsp3) is 0.917. The van der Waals surface area contributed by atoms with Crippen LogP contribution >= 0.6 is 0 Å². The van der Waals surface area contributed by atoms with E-state index in [0.717, 1.165) is 32.8 Å². The van der Waals surface area contributed by atoms with E-state index in [2.05, 4.69) is 18.7 Å². The lowest BCUT2D eigenvalue weighted by molar-refractivity contribution is -0.183. The van der Waals surface area contributed by atoms with E-state index < -0.39 is 0 Å². The van der Waals surface area contributed by atoms with E-state index in [0.29, 0.717) is 6.42 Å². The minimum absolute atomic E-state index is 0.0224. The van der Waals surface area contributed by atoms with Gasteiger partial charge in [-0.3, -0.25) is 14.5 Å². The van der Waals surface area contributed by atoms with Crippen LogP contribution in [0.2, 0.25) is 0 Å². The van der Waals surface area contributed by atoms with Crippen molar-refractivity contribution in [2.45, 2.75) is 26.3 Å². The van der Waals surface area contributed by atoms with Gasteiger partial charge in [0.05, 0.1) is 26.4 Å². The smallest absolute Gasteiger partial charge is 0.247 e. The molecule has 1 atom stereocenters. The minimum atomic E-state index is -0.0224. The van der Waals surface area contributed by atoms with Gasteiger partial charge in [-0.15, -0.1) is 0 Å². The van der Waals surface area contributed by atoms with Crippen LogP contribution in [0.1, 0.15) is 20.3 Å². The summed E-state index contributed by atoms with van der Waals surface area (Å²) in [5.74, 6) is 0.0933. The van der Waals surface area contributed by atoms with E-state index in [1.165, 1.54) is 0 Å². The molecule has 0 bridgehead atoms. The lowest BCUT2D eigenvalue weighted by Crippen LogP contribution is -2.49. The van der Waals surface area contributed by atoms with Gasteiger partial charge in [0.15, 0.2) is 0 Å². The van der Waals surface area contributed by atoms with E-state index in [1.54, 1.807) is 12.2 Å². The topological polar surface area (TPSA) is 42.0 Å². The molecule has 2 aliphatic rings. The molecule has 98 valence electrons. The van der Waals surface area contributed by atoms with Crippen LogP contribution in [0.15, 0.2) is 0 Å². The summed E-state index contributed by atoms with van der Waals surface area (Å²) in [5.41, 5.74) is -0.0224. The van der Waals surface area contributed by atoms with Crippen LogP contribution in [-0.4, -0.2) is 61.9 Å². The first-order valence-electron chi connectivity index (χ1n) is 6.21. The van der Waals surface area contributed by atoms with Crippen LogP contribution in [0.3, 0.4) is 0 Å². The molecular weight excluding hydrogens is 220 g/mol. The maximum absolute atomic E-state index is 11.8. The van der Waals surface area contributed by atoms with Crippen LogP contribution in [0.4, 0.5) is 0 Å². The SMILES string of the molecule is CON1C(=O)CC(C)(C)C1CN1CCOCC1. The van der Waals surface area contributed by atoms with Crippen LogP contribution in [0.25, 0.3) is 0 Å². The third kappa shape index (κ3) is 2.61. The number of rotatable bonds is 3. The Bertz CT molecular complexity index is 287. The van der Waals surface area contributed by atoms with Gasteiger partial charge in [-0.05, 0) is 5.41 Å². The molecule has 5 heteroatoms. The molecule has 2 fully saturated rings. The third-order valence-corrected chi connectivity index (χ3v) is 3.77. The van der Waals surface area contributed by atoms with Gasteiger partial charge in [-0.1, -0.05) is 13.8 Å². The summed E-state index contributed by atoms with van der Waals surface area (Å²) in [6, 6.07) is 0.137. The van der Waals surface area contributed by atoms with Crippen LogP contribution in [-0.2, 0) is 14.4 Å². The standard InChI is InChI=1S/C12H22N2O3/c1-12(2)8-11(15)14(16-3)10(12)9-13-4-6-17-7-5-13/h10H,4-9H2,1-3H3. The highest BCUT2D eigenvalue weighted by atomic mass is 16.7. The molecule has 0 radical (unpaired) electrons. The lowest BCUT2D eigenvalue weighted by Gasteiger charge is -2.36. The molecule has 0 aliphatic carbocycles. The first-order chi connectivity index (χ1) is 8.04. The molecule has 0 spiro atoms. The van der Waals surface area contributed by atoms with Crippen LogP contribution in [0.5, 0.6) is 0 Å². The highest BCUT2D eigenvalue weighted by molar-refractivity contribution is 5.79. The summed E-state index contributed by atoms with van der Waals surface area (Å²) in [6.07, 6.45) is 0.565. The van der Waals surface area contributed by atoms with Gasteiger partial charge < -0.3 is 4.74 Å². The predicted octanol–water partition coefficient (Wildman–Crippen LogP) is 0.507. The Morgan fingerprint density at radius 2 is 2.06 bits per heavy atom. The van der Waals surface area contributed by atoms with Crippen molar-refractivity contribution in [2.24, 2.45) is 5.41 Å². The Kier molecular flexibility index (Phi) is 3.70. The number of amides is 1. The van der Waals surface area contributed by atoms with Gasteiger partial charge in [0.2, 0.25) is 5.91 Å². The summed E-state index contributed by atoms with van der Waals surface area (Å²) in [5, 5.41) is 1.55. The van der Waals surface area contributed by atoms with Crippen molar-refractivity contribution in [3.63, 3.8) is 0 Å². The minimum Gasteiger partial charge on any atom is -0.379 e. The van der Waals surface area contributed by atoms with E-state index in [4.69, 9.17) is 9.57 Å². The number of hydrogen-bond acceptors (Lipinski definition) is 4. The van der Waals surface area contributed by atoms with Crippen LogP contribution < -0.4 is 0 Å². The Morgan fingerprint density at radius 1 is 1.41 bits per heavy atom. The summed E-state index contributed by atoms with van der Waals surface area (Å²) in [7, 11) is 1.58. The first-order valence-corrected chi connectivity index (χ1v) is 6.21. The zero-order valence-corrected chi connectivity index (χ0v) is 10.9. The van der Waals surface area contributed by atoms with Gasteiger partial charge in [0, 0.05) is 26.1 Å². The zero-order valence-electron chi connectivity index (χ0n) is 10.9. The van der Waals surface area contributed by atoms with Crippen molar-refractivity contribution >= 4 is 5.91 Å². The summed E-state index contributed by atoms with van der Waals surface area (Å²) < 4.78 is 5.34. The molecule has 0 N–H and O–H groups in total. The Labute approximate surface area is 103 Å². The molecule has 2 aliphatic heterocycles. The lowest BCUT2D eigenvalue weighted by atomic mass is 9.84. The number of hydrogen-bond donors (Lipinski definition) is 0. The van der Waals surface area contributed by atoms with Crippen LogP contribution in [0, 0.1) is 5.41 Å². The summed E-state index contributed by atoms with van der Waals surface area (Å²) >= 11 is 0. The molecule has 0 aromatic carbocycles. The number of nitrogens with zero attached hydrogens (tertiary/aromatic N) is 2. The van der Waals surface area contributed by atoms with Gasteiger partial charge in [0.25, 0.3) is 0 Å². The average Bonchev–Trinajstić information content (AvgIpc) is 2.50. The van der Waals surface area contributed by atoms with E-state index in [-0.39, 0.29) is 17.4 Å². The van der Waals surface area contributed by atoms with Crippen molar-refractivity contribution in [1.82, 2.24) is 9.96 Å². The highest BCUT2D eigenvalue weighted by Crippen LogP contribution is 2.37. The van der Waals surface area contributed by atoms with E-state index in [9.17, 15) is 4.79 Å². The molecule has 5 nitrogen and oxygen atoms in total. The fourth-order valence-corrected chi connectivity index (χ4v) is 2.66. The molecule has 2 heterocycles.